The van der Waals surface area contributed by atoms with Crippen molar-refractivity contribution in [1.82, 2.24) is 0 Å². The van der Waals surface area contributed by atoms with Crippen molar-refractivity contribution >= 4 is 0 Å². The van der Waals surface area contributed by atoms with Gasteiger partial charge in [-0.15, -0.1) is 0 Å². The first-order valence-electron chi connectivity index (χ1n) is 15.4. The van der Waals surface area contributed by atoms with Crippen LogP contribution in [0.4, 0.5) is 0 Å². The van der Waals surface area contributed by atoms with Gasteiger partial charge in [0.05, 0.1) is 11.2 Å². The molecule has 0 saturated carbocycles. The van der Waals surface area contributed by atoms with Crippen LogP contribution in [0.15, 0.2) is 131 Å². The van der Waals surface area contributed by atoms with Crippen molar-refractivity contribution in [2.24, 2.45) is 0 Å². The average Bonchev–Trinajstić information content (AvgIpc) is 2.85. The van der Waals surface area contributed by atoms with Crippen LogP contribution in [0.5, 0.6) is 0 Å². The molecule has 0 rings (SSSR count). The van der Waals surface area contributed by atoms with E-state index in [9.17, 15) is 10.2 Å². The van der Waals surface area contributed by atoms with E-state index in [1.165, 1.54) is 33.4 Å². The lowest BCUT2D eigenvalue weighted by molar-refractivity contribution is 0.163. The third kappa shape index (κ3) is 24.8. The SMILES string of the molecule is CC(C)=CCC/C(C)=C/C=C/C(C)(O)/C=C/C=C(\C)C/C=C/C/C(C)=C/C=C/C(C)(O)/C=C/C=C(\C)CCC=C(C)C. The molecule has 0 saturated heterocycles. The molecule has 42 heavy (non-hydrogen) atoms. The van der Waals surface area contributed by atoms with Crippen LogP contribution in [-0.4, -0.2) is 21.4 Å². The van der Waals surface area contributed by atoms with Crippen LogP contribution in [0.1, 0.15) is 108 Å². The van der Waals surface area contributed by atoms with Gasteiger partial charge in [0.1, 0.15) is 0 Å². The molecule has 2 atom stereocenters. The predicted octanol–water partition coefficient (Wildman–Crippen LogP) is 11.3. The van der Waals surface area contributed by atoms with Gasteiger partial charge in [0.15, 0.2) is 0 Å². The molecule has 0 spiro atoms. The Bertz CT molecular complexity index is 1030. The number of aliphatic hydroxyl groups is 2. The molecule has 0 aliphatic heterocycles. The van der Waals surface area contributed by atoms with Crippen LogP contribution < -0.4 is 0 Å². The van der Waals surface area contributed by atoms with Crippen molar-refractivity contribution in [3.05, 3.63) is 131 Å². The lowest BCUT2D eigenvalue weighted by Gasteiger charge is -2.12. The highest BCUT2D eigenvalue weighted by Gasteiger charge is 2.10. The Balaban J connectivity index is 4.70. The minimum Gasteiger partial charge on any atom is -0.382 e. The Kier molecular flexibility index (Phi) is 20.2. The lowest BCUT2D eigenvalue weighted by Crippen LogP contribution is -2.16. The normalized spacial score (nSPS) is 17.1. The Hall–Kier alpha value is -2.94. The van der Waals surface area contributed by atoms with E-state index in [2.05, 4.69) is 91.8 Å². The molecule has 0 aromatic rings. The Morgan fingerprint density at radius 2 is 0.762 bits per heavy atom. The van der Waals surface area contributed by atoms with Crippen molar-refractivity contribution in [2.75, 3.05) is 0 Å². The van der Waals surface area contributed by atoms with Gasteiger partial charge >= 0.3 is 0 Å². The van der Waals surface area contributed by atoms with Crippen molar-refractivity contribution in [3.8, 4) is 0 Å². The van der Waals surface area contributed by atoms with Crippen LogP contribution in [-0.2, 0) is 0 Å². The van der Waals surface area contributed by atoms with E-state index < -0.39 is 11.2 Å². The highest BCUT2D eigenvalue weighted by molar-refractivity contribution is 5.24. The fourth-order valence-electron chi connectivity index (χ4n) is 3.76. The monoisotopic (exact) mass is 572 g/mol. The summed E-state index contributed by atoms with van der Waals surface area (Å²) in [5.74, 6) is 0. The fourth-order valence-corrected chi connectivity index (χ4v) is 3.76. The maximum Gasteiger partial charge on any atom is 0.0986 e. The van der Waals surface area contributed by atoms with Crippen LogP contribution in [0.25, 0.3) is 0 Å². The van der Waals surface area contributed by atoms with Crippen LogP contribution >= 0.6 is 0 Å². The van der Waals surface area contributed by atoms with Crippen molar-refractivity contribution in [1.29, 1.82) is 0 Å². The first-order valence-corrected chi connectivity index (χ1v) is 15.4. The van der Waals surface area contributed by atoms with Crippen molar-refractivity contribution in [3.63, 3.8) is 0 Å². The van der Waals surface area contributed by atoms with Gasteiger partial charge in [-0.2, -0.15) is 0 Å². The quantitative estimate of drug-likeness (QED) is 0.127. The molecule has 2 nitrogen and oxygen atoms in total. The molecule has 0 aromatic heterocycles. The average molecular weight is 573 g/mol. The van der Waals surface area contributed by atoms with Gasteiger partial charge in [-0.1, -0.05) is 106 Å². The molecule has 0 aromatic carbocycles. The molecule has 2 heteroatoms. The summed E-state index contributed by atoms with van der Waals surface area (Å²) in [6, 6.07) is 0. The predicted molar refractivity (Wildman–Crippen MR) is 189 cm³/mol. The zero-order chi connectivity index (χ0) is 32.0. The van der Waals surface area contributed by atoms with E-state index in [0.717, 1.165) is 38.5 Å². The highest BCUT2D eigenvalue weighted by atomic mass is 16.3. The molecule has 0 heterocycles. The Morgan fingerprint density at radius 1 is 0.476 bits per heavy atom. The summed E-state index contributed by atoms with van der Waals surface area (Å²) in [4.78, 5) is 0. The van der Waals surface area contributed by atoms with Gasteiger partial charge in [0, 0.05) is 0 Å². The van der Waals surface area contributed by atoms with Crippen LogP contribution in [0, 0.1) is 0 Å². The molecule has 0 radical (unpaired) electrons. The number of hydrogen-bond acceptors (Lipinski definition) is 2. The summed E-state index contributed by atoms with van der Waals surface area (Å²) in [5, 5.41) is 21.2. The molecule has 2 N–H and O–H groups in total. The van der Waals surface area contributed by atoms with E-state index in [-0.39, 0.29) is 0 Å². The first-order chi connectivity index (χ1) is 19.6. The smallest absolute Gasteiger partial charge is 0.0986 e. The summed E-state index contributed by atoms with van der Waals surface area (Å²) in [6.07, 6.45) is 38.0. The fraction of sp³-hybridized carbons (Fsp3) is 0.450. The van der Waals surface area contributed by atoms with Crippen LogP contribution in [0.3, 0.4) is 0 Å². The van der Waals surface area contributed by atoms with E-state index in [1.54, 1.807) is 13.8 Å². The Morgan fingerprint density at radius 3 is 1.05 bits per heavy atom. The summed E-state index contributed by atoms with van der Waals surface area (Å²) in [5.41, 5.74) is 5.78. The second-order valence-corrected chi connectivity index (χ2v) is 12.5. The summed E-state index contributed by atoms with van der Waals surface area (Å²) in [6.45, 7) is 20.5. The molecule has 232 valence electrons. The van der Waals surface area contributed by atoms with Gasteiger partial charge in [0.2, 0.25) is 0 Å². The third-order valence-corrected chi connectivity index (χ3v) is 6.49. The van der Waals surface area contributed by atoms with E-state index in [0.29, 0.717) is 0 Å². The van der Waals surface area contributed by atoms with Gasteiger partial charge in [-0.3, -0.25) is 0 Å². The minimum atomic E-state index is -0.986. The molecule has 0 amide bonds. The second kappa shape index (κ2) is 21.7. The number of hydrogen-bond donors (Lipinski definition) is 2. The van der Waals surface area contributed by atoms with Crippen molar-refractivity contribution < 1.29 is 10.2 Å². The van der Waals surface area contributed by atoms with Gasteiger partial charge in [-0.05, 0) is 132 Å². The number of rotatable bonds is 18. The summed E-state index contributed by atoms with van der Waals surface area (Å²) < 4.78 is 0. The Labute approximate surface area is 259 Å². The summed E-state index contributed by atoms with van der Waals surface area (Å²) in [7, 11) is 0. The van der Waals surface area contributed by atoms with Gasteiger partial charge in [-0.25, -0.2) is 0 Å². The molecular formula is C40H60O2. The largest absolute Gasteiger partial charge is 0.382 e. The van der Waals surface area contributed by atoms with Crippen LogP contribution in [0.2, 0.25) is 0 Å². The zero-order valence-electron chi connectivity index (χ0n) is 28.4. The molecular weight excluding hydrogens is 512 g/mol. The maximum absolute atomic E-state index is 10.6. The second-order valence-electron chi connectivity index (χ2n) is 12.5. The lowest BCUT2D eigenvalue weighted by atomic mass is 10.0. The number of allylic oxidation sites excluding steroid dienone is 18. The van der Waals surface area contributed by atoms with E-state index in [1.807, 2.05) is 60.8 Å². The van der Waals surface area contributed by atoms with E-state index in [4.69, 9.17) is 0 Å². The first kappa shape index (κ1) is 39.1. The maximum atomic E-state index is 10.6. The molecule has 0 fully saturated rings. The van der Waals surface area contributed by atoms with Crippen molar-refractivity contribution in [2.45, 2.75) is 119 Å². The van der Waals surface area contributed by atoms with Gasteiger partial charge < -0.3 is 10.2 Å². The molecule has 0 aliphatic rings. The highest BCUT2D eigenvalue weighted by Crippen LogP contribution is 2.13. The molecule has 0 bridgehead atoms. The van der Waals surface area contributed by atoms with E-state index >= 15 is 0 Å². The zero-order valence-corrected chi connectivity index (χ0v) is 28.4. The standard InChI is InChI=1S/C40H60O2/c1-33(2)19-13-23-37(7)27-17-31-39(9,41)29-15-25-35(5)21-11-12-22-36(6)26-16-30-40(10,42)32-18-28-38(8)24-14-20-34(3)4/h11-12,15-20,25-32,41-42H,13-14,21-24H2,1-10H3/b12-11+,29-15+,30-16+,31-17+,32-18+,35-25+,36-26+,37-27+,38-28+. The van der Waals surface area contributed by atoms with Gasteiger partial charge in [0.25, 0.3) is 0 Å². The molecule has 0 aliphatic carbocycles. The summed E-state index contributed by atoms with van der Waals surface area (Å²) >= 11 is 0. The minimum absolute atomic E-state index is 0.861. The third-order valence-electron chi connectivity index (χ3n) is 6.49. The topological polar surface area (TPSA) is 40.5 Å². The molecule has 2 unspecified atom stereocenters.